The Kier molecular flexibility index (Phi) is 6.50. The zero-order valence-corrected chi connectivity index (χ0v) is 16.8. The Hall–Kier alpha value is -1.64. The largest absolute Gasteiger partial charge is 0.454 e. The monoisotopic (exact) mass is 424 g/mol. The van der Waals surface area contributed by atoms with Crippen LogP contribution in [0.15, 0.2) is 21.0 Å². The van der Waals surface area contributed by atoms with E-state index in [4.69, 9.17) is 9.15 Å². The number of carbonyl (C=O) groups is 1. The van der Waals surface area contributed by atoms with Crippen molar-refractivity contribution in [2.75, 3.05) is 39.4 Å². The lowest BCUT2D eigenvalue weighted by Gasteiger charge is -2.26. The first-order valence-electron chi connectivity index (χ1n) is 8.91. The number of rotatable bonds is 7. The second kappa shape index (κ2) is 8.83. The molecule has 0 aromatic carbocycles. The molecule has 1 fully saturated rings. The van der Waals surface area contributed by atoms with Gasteiger partial charge in [0.2, 0.25) is 0 Å². The first-order valence-corrected chi connectivity index (χ1v) is 9.70. The highest BCUT2D eigenvalue weighted by Crippen LogP contribution is 2.21. The van der Waals surface area contributed by atoms with E-state index in [1.807, 2.05) is 24.6 Å². The second-order valence-corrected chi connectivity index (χ2v) is 7.26. The third kappa shape index (κ3) is 4.75. The first-order chi connectivity index (χ1) is 12.5. The van der Waals surface area contributed by atoms with Gasteiger partial charge >= 0.3 is 0 Å². The van der Waals surface area contributed by atoms with Crippen LogP contribution in [0.5, 0.6) is 0 Å². The molecule has 2 aromatic heterocycles. The summed E-state index contributed by atoms with van der Waals surface area (Å²) >= 11 is 3.52. The lowest BCUT2D eigenvalue weighted by atomic mass is 10.3. The van der Waals surface area contributed by atoms with E-state index in [1.165, 1.54) is 0 Å². The maximum absolute atomic E-state index is 12.2. The fraction of sp³-hybridized carbons (Fsp3) is 0.556. The lowest BCUT2D eigenvalue weighted by molar-refractivity contribution is 0.0374. The highest BCUT2D eigenvalue weighted by atomic mass is 79.9. The van der Waals surface area contributed by atoms with Gasteiger partial charge in [-0.15, -0.1) is 0 Å². The van der Waals surface area contributed by atoms with Crippen molar-refractivity contribution in [1.29, 1.82) is 0 Å². The van der Waals surface area contributed by atoms with Crippen LogP contribution >= 0.6 is 15.9 Å². The van der Waals surface area contributed by atoms with Gasteiger partial charge in [0, 0.05) is 19.6 Å². The van der Waals surface area contributed by atoms with E-state index in [0.29, 0.717) is 24.6 Å². The van der Waals surface area contributed by atoms with Crippen molar-refractivity contribution in [2.24, 2.45) is 0 Å². The van der Waals surface area contributed by atoms with Gasteiger partial charge in [0.15, 0.2) is 5.76 Å². The number of hydrogen-bond acceptors (Lipinski definition) is 5. The van der Waals surface area contributed by atoms with Crippen molar-refractivity contribution in [1.82, 2.24) is 20.0 Å². The van der Waals surface area contributed by atoms with Crippen LogP contribution in [0, 0.1) is 13.8 Å². The van der Waals surface area contributed by atoms with Crippen LogP contribution in [-0.4, -0.2) is 60.0 Å². The SMILES string of the molecule is Cc1nn(Cc2ccc(C(=O)NCCCN3CCOCC3)o2)c(C)c1Br. The van der Waals surface area contributed by atoms with Gasteiger partial charge in [0.05, 0.1) is 35.6 Å². The van der Waals surface area contributed by atoms with E-state index in [-0.39, 0.29) is 5.91 Å². The number of furan rings is 1. The zero-order chi connectivity index (χ0) is 18.5. The molecule has 0 atom stereocenters. The molecular weight excluding hydrogens is 400 g/mol. The van der Waals surface area contributed by atoms with Crippen LogP contribution in [0.2, 0.25) is 0 Å². The number of amides is 1. The Labute approximate surface area is 161 Å². The summed E-state index contributed by atoms with van der Waals surface area (Å²) in [5.41, 5.74) is 1.97. The van der Waals surface area contributed by atoms with Crippen LogP contribution in [0.4, 0.5) is 0 Å². The van der Waals surface area contributed by atoms with E-state index >= 15 is 0 Å². The standard InChI is InChI=1S/C18H25BrN4O3/c1-13-17(19)14(2)23(21-13)12-15-4-5-16(26-15)18(24)20-6-3-7-22-8-10-25-11-9-22/h4-5H,3,6-12H2,1-2H3,(H,20,24). The second-order valence-electron chi connectivity index (χ2n) is 6.47. The van der Waals surface area contributed by atoms with Crippen LogP contribution in [0.25, 0.3) is 0 Å². The zero-order valence-electron chi connectivity index (χ0n) is 15.3. The van der Waals surface area contributed by atoms with Gasteiger partial charge in [-0.3, -0.25) is 14.4 Å². The highest BCUT2D eigenvalue weighted by Gasteiger charge is 2.14. The van der Waals surface area contributed by atoms with Crippen LogP contribution in [0.3, 0.4) is 0 Å². The maximum atomic E-state index is 12.2. The van der Waals surface area contributed by atoms with E-state index in [9.17, 15) is 4.79 Å². The molecule has 0 spiro atoms. The number of nitrogens with zero attached hydrogens (tertiary/aromatic N) is 3. The van der Waals surface area contributed by atoms with Gasteiger partial charge in [0.1, 0.15) is 5.76 Å². The number of morpholine rings is 1. The average Bonchev–Trinajstić information content (AvgIpc) is 3.21. The molecule has 0 bridgehead atoms. The minimum Gasteiger partial charge on any atom is -0.454 e. The van der Waals surface area contributed by atoms with Crippen molar-refractivity contribution in [3.63, 3.8) is 0 Å². The van der Waals surface area contributed by atoms with Gasteiger partial charge < -0.3 is 14.5 Å². The van der Waals surface area contributed by atoms with E-state index in [0.717, 1.165) is 55.1 Å². The molecule has 26 heavy (non-hydrogen) atoms. The van der Waals surface area contributed by atoms with Gasteiger partial charge in [-0.05, 0) is 54.9 Å². The van der Waals surface area contributed by atoms with E-state index < -0.39 is 0 Å². The number of nitrogens with one attached hydrogen (secondary N) is 1. The Morgan fingerprint density at radius 2 is 2.08 bits per heavy atom. The quantitative estimate of drug-likeness (QED) is 0.690. The summed E-state index contributed by atoms with van der Waals surface area (Å²) in [4.78, 5) is 14.6. The molecule has 0 saturated carbocycles. The molecule has 8 heteroatoms. The summed E-state index contributed by atoms with van der Waals surface area (Å²) in [6, 6.07) is 3.54. The summed E-state index contributed by atoms with van der Waals surface area (Å²) < 4.78 is 13.9. The molecule has 1 N–H and O–H groups in total. The predicted octanol–water partition coefficient (Wildman–Crippen LogP) is 2.36. The molecule has 2 aromatic rings. The first kappa shape index (κ1) is 19.1. The molecule has 3 heterocycles. The van der Waals surface area contributed by atoms with Crippen molar-refractivity contribution in [3.8, 4) is 0 Å². The Bertz CT molecular complexity index is 750. The fourth-order valence-electron chi connectivity index (χ4n) is 2.98. The minimum absolute atomic E-state index is 0.173. The molecule has 1 amide bonds. The number of halogens is 1. The summed E-state index contributed by atoms with van der Waals surface area (Å²) in [5, 5.41) is 7.38. The summed E-state index contributed by atoms with van der Waals surface area (Å²) in [6.45, 7) is 9.59. The number of hydrogen-bond donors (Lipinski definition) is 1. The van der Waals surface area contributed by atoms with E-state index in [1.54, 1.807) is 6.07 Å². The van der Waals surface area contributed by atoms with Crippen LogP contribution in [0.1, 0.15) is 34.1 Å². The number of ether oxygens (including phenoxy) is 1. The molecule has 0 radical (unpaired) electrons. The Balaban J connectivity index is 1.46. The van der Waals surface area contributed by atoms with Crippen LogP contribution in [-0.2, 0) is 11.3 Å². The molecule has 1 aliphatic heterocycles. The molecule has 1 aliphatic rings. The molecule has 7 nitrogen and oxygen atoms in total. The maximum Gasteiger partial charge on any atom is 0.286 e. The molecular formula is C18H25BrN4O3. The van der Waals surface area contributed by atoms with Gasteiger partial charge in [-0.25, -0.2) is 0 Å². The van der Waals surface area contributed by atoms with Crippen LogP contribution < -0.4 is 5.32 Å². The summed E-state index contributed by atoms with van der Waals surface area (Å²) in [7, 11) is 0. The van der Waals surface area contributed by atoms with Crippen molar-refractivity contribution < 1.29 is 13.9 Å². The Morgan fingerprint density at radius 1 is 1.31 bits per heavy atom. The number of carbonyl (C=O) groups excluding carboxylic acids is 1. The molecule has 3 rings (SSSR count). The summed E-state index contributed by atoms with van der Waals surface area (Å²) in [6.07, 6.45) is 0.916. The van der Waals surface area contributed by atoms with Crippen molar-refractivity contribution >= 4 is 21.8 Å². The number of aryl methyl sites for hydroxylation is 1. The Morgan fingerprint density at radius 3 is 2.77 bits per heavy atom. The lowest BCUT2D eigenvalue weighted by Crippen LogP contribution is -2.38. The van der Waals surface area contributed by atoms with Gasteiger partial charge in [-0.1, -0.05) is 0 Å². The normalized spacial score (nSPS) is 15.3. The number of aromatic nitrogens is 2. The predicted molar refractivity (Wildman–Crippen MR) is 101 cm³/mol. The minimum atomic E-state index is -0.173. The van der Waals surface area contributed by atoms with E-state index in [2.05, 4.69) is 31.2 Å². The van der Waals surface area contributed by atoms with Crippen molar-refractivity contribution in [2.45, 2.75) is 26.8 Å². The fourth-order valence-corrected chi connectivity index (χ4v) is 3.26. The molecule has 0 aliphatic carbocycles. The average molecular weight is 425 g/mol. The van der Waals surface area contributed by atoms with Gasteiger partial charge in [-0.2, -0.15) is 5.10 Å². The van der Waals surface area contributed by atoms with Gasteiger partial charge in [0.25, 0.3) is 5.91 Å². The molecule has 142 valence electrons. The topological polar surface area (TPSA) is 72.5 Å². The van der Waals surface area contributed by atoms with Crippen molar-refractivity contribution in [3.05, 3.63) is 39.5 Å². The third-order valence-corrected chi connectivity index (χ3v) is 5.67. The highest BCUT2D eigenvalue weighted by molar-refractivity contribution is 9.10. The molecule has 0 unspecified atom stereocenters. The summed E-state index contributed by atoms with van der Waals surface area (Å²) in [5.74, 6) is 0.876. The molecule has 1 saturated heterocycles. The third-order valence-electron chi connectivity index (χ3n) is 4.52. The smallest absolute Gasteiger partial charge is 0.286 e.